The minimum Gasteiger partial charge on any atom is -0.435 e. The van der Waals surface area contributed by atoms with Crippen LogP contribution in [-0.2, 0) is 9.47 Å². The number of alkyl halides is 3. The summed E-state index contributed by atoms with van der Waals surface area (Å²) < 4.78 is 44.2. The number of carbonyl (C=O) groups is 1. The SMILES string of the molecule is Nc1cccc(C(=O)OCOCC(F)(F)F)c1Br. The summed E-state index contributed by atoms with van der Waals surface area (Å²) in [5.41, 5.74) is 5.97. The maximum absolute atomic E-state index is 11.7. The monoisotopic (exact) mass is 327 g/mol. The van der Waals surface area contributed by atoms with Crippen LogP contribution in [0, 0.1) is 0 Å². The molecule has 1 rings (SSSR count). The van der Waals surface area contributed by atoms with Crippen LogP contribution in [-0.4, -0.2) is 25.5 Å². The summed E-state index contributed by atoms with van der Waals surface area (Å²) in [5, 5.41) is 0. The summed E-state index contributed by atoms with van der Waals surface area (Å²) >= 11 is 3.07. The highest BCUT2D eigenvalue weighted by molar-refractivity contribution is 9.10. The molecule has 1 aromatic rings. The van der Waals surface area contributed by atoms with Gasteiger partial charge in [-0.05, 0) is 28.1 Å². The molecule has 0 radical (unpaired) electrons. The molecular formula is C10H9BrF3NO3. The number of benzene rings is 1. The van der Waals surface area contributed by atoms with Crippen molar-refractivity contribution in [2.75, 3.05) is 19.1 Å². The topological polar surface area (TPSA) is 61.6 Å². The van der Waals surface area contributed by atoms with Gasteiger partial charge in [0.2, 0.25) is 0 Å². The Kier molecular flexibility index (Phi) is 4.97. The van der Waals surface area contributed by atoms with Crippen molar-refractivity contribution in [3.63, 3.8) is 0 Å². The second kappa shape index (κ2) is 6.05. The lowest BCUT2D eigenvalue weighted by atomic mass is 10.2. The number of nitrogens with two attached hydrogens (primary N) is 1. The third kappa shape index (κ3) is 4.53. The molecule has 0 bridgehead atoms. The Labute approximate surface area is 109 Å². The van der Waals surface area contributed by atoms with Crippen LogP contribution in [0.5, 0.6) is 0 Å². The van der Waals surface area contributed by atoms with Gasteiger partial charge in [-0.1, -0.05) is 6.07 Å². The molecule has 4 nitrogen and oxygen atoms in total. The molecule has 0 fully saturated rings. The Morgan fingerprint density at radius 2 is 2.06 bits per heavy atom. The van der Waals surface area contributed by atoms with Gasteiger partial charge in [0.05, 0.1) is 10.0 Å². The molecule has 0 atom stereocenters. The Bertz CT molecular complexity index is 437. The number of esters is 1. The normalized spacial score (nSPS) is 11.3. The number of carbonyl (C=O) groups excluding carboxylic acids is 1. The smallest absolute Gasteiger partial charge is 0.411 e. The zero-order valence-corrected chi connectivity index (χ0v) is 10.5. The zero-order chi connectivity index (χ0) is 13.8. The number of hydrogen-bond acceptors (Lipinski definition) is 4. The molecular weight excluding hydrogens is 319 g/mol. The van der Waals surface area contributed by atoms with Crippen molar-refractivity contribution >= 4 is 27.6 Å². The summed E-state index contributed by atoms with van der Waals surface area (Å²) in [6.45, 7) is -2.25. The lowest BCUT2D eigenvalue weighted by molar-refractivity contribution is -0.190. The molecule has 8 heteroatoms. The van der Waals surface area contributed by atoms with Gasteiger partial charge in [-0.25, -0.2) is 4.79 Å². The van der Waals surface area contributed by atoms with Gasteiger partial charge in [0.15, 0.2) is 6.79 Å². The van der Waals surface area contributed by atoms with E-state index >= 15 is 0 Å². The molecule has 0 aliphatic heterocycles. The molecule has 0 aromatic heterocycles. The van der Waals surface area contributed by atoms with E-state index in [-0.39, 0.29) is 5.56 Å². The second-order valence-electron chi connectivity index (χ2n) is 3.22. The van der Waals surface area contributed by atoms with Crippen LogP contribution in [0.4, 0.5) is 18.9 Å². The molecule has 0 spiro atoms. The molecule has 2 N–H and O–H groups in total. The van der Waals surface area contributed by atoms with E-state index in [1.807, 2.05) is 0 Å². The molecule has 100 valence electrons. The highest BCUT2D eigenvalue weighted by Crippen LogP contribution is 2.24. The number of nitrogen functional groups attached to an aromatic ring is 1. The predicted molar refractivity (Wildman–Crippen MR) is 60.8 cm³/mol. The van der Waals surface area contributed by atoms with Crippen LogP contribution in [0.15, 0.2) is 22.7 Å². The Morgan fingerprint density at radius 1 is 1.39 bits per heavy atom. The first-order valence-electron chi connectivity index (χ1n) is 4.67. The van der Waals surface area contributed by atoms with E-state index in [0.29, 0.717) is 10.2 Å². The molecule has 0 saturated heterocycles. The molecule has 0 saturated carbocycles. The fraction of sp³-hybridized carbons (Fsp3) is 0.300. The number of anilines is 1. The highest BCUT2D eigenvalue weighted by atomic mass is 79.9. The van der Waals surface area contributed by atoms with Crippen molar-refractivity contribution in [3.8, 4) is 0 Å². The number of rotatable bonds is 4. The second-order valence-corrected chi connectivity index (χ2v) is 4.02. The van der Waals surface area contributed by atoms with E-state index in [1.54, 1.807) is 6.07 Å². The van der Waals surface area contributed by atoms with Crippen molar-refractivity contribution in [2.45, 2.75) is 6.18 Å². The summed E-state index contributed by atoms with van der Waals surface area (Å²) in [4.78, 5) is 11.5. The van der Waals surface area contributed by atoms with Crippen molar-refractivity contribution in [2.24, 2.45) is 0 Å². The number of ether oxygens (including phenoxy) is 2. The lowest BCUT2D eigenvalue weighted by Gasteiger charge is -2.09. The molecule has 1 aromatic carbocycles. The van der Waals surface area contributed by atoms with E-state index < -0.39 is 25.5 Å². The van der Waals surface area contributed by atoms with Crippen LogP contribution in [0.2, 0.25) is 0 Å². The standard InChI is InChI=1S/C10H9BrF3NO3/c11-8-6(2-1-3-7(8)15)9(16)18-5-17-4-10(12,13)14/h1-3H,4-5,15H2. The van der Waals surface area contributed by atoms with Crippen molar-refractivity contribution in [1.29, 1.82) is 0 Å². The van der Waals surface area contributed by atoms with Crippen LogP contribution < -0.4 is 5.73 Å². The summed E-state index contributed by atoms with van der Waals surface area (Å²) in [6, 6.07) is 4.50. The summed E-state index contributed by atoms with van der Waals surface area (Å²) in [6.07, 6.45) is -4.45. The van der Waals surface area contributed by atoms with E-state index in [4.69, 9.17) is 5.73 Å². The van der Waals surface area contributed by atoms with Gasteiger partial charge in [-0.3, -0.25) is 0 Å². The molecule has 18 heavy (non-hydrogen) atoms. The van der Waals surface area contributed by atoms with Gasteiger partial charge in [-0.15, -0.1) is 0 Å². The fourth-order valence-electron chi connectivity index (χ4n) is 1.04. The van der Waals surface area contributed by atoms with Crippen molar-refractivity contribution in [1.82, 2.24) is 0 Å². The van der Waals surface area contributed by atoms with Crippen molar-refractivity contribution < 1.29 is 27.4 Å². The molecule has 0 heterocycles. The zero-order valence-electron chi connectivity index (χ0n) is 8.96. The first kappa shape index (κ1) is 14.8. The van der Waals surface area contributed by atoms with Crippen LogP contribution >= 0.6 is 15.9 Å². The summed E-state index contributed by atoms with van der Waals surface area (Å²) in [7, 11) is 0. The highest BCUT2D eigenvalue weighted by Gasteiger charge is 2.27. The Morgan fingerprint density at radius 3 is 2.67 bits per heavy atom. The van der Waals surface area contributed by atoms with Crippen molar-refractivity contribution in [3.05, 3.63) is 28.2 Å². The number of halogens is 4. The third-order valence-corrected chi connectivity index (χ3v) is 2.67. The molecule has 0 aliphatic rings. The van der Waals surface area contributed by atoms with Crippen LogP contribution in [0.1, 0.15) is 10.4 Å². The van der Waals surface area contributed by atoms with Crippen LogP contribution in [0.25, 0.3) is 0 Å². The average molecular weight is 328 g/mol. The average Bonchev–Trinajstić information content (AvgIpc) is 2.26. The van der Waals surface area contributed by atoms with Gasteiger partial charge in [0.1, 0.15) is 6.61 Å². The minimum atomic E-state index is -4.45. The van der Waals surface area contributed by atoms with E-state index in [0.717, 1.165) is 0 Å². The summed E-state index contributed by atoms with van der Waals surface area (Å²) in [5.74, 6) is -0.823. The van der Waals surface area contributed by atoms with E-state index in [9.17, 15) is 18.0 Å². The number of hydrogen-bond donors (Lipinski definition) is 1. The maximum Gasteiger partial charge on any atom is 0.411 e. The lowest BCUT2D eigenvalue weighted by Crippen LogP contribution is -2.19. The largest absolute Gasteiger partial charge is 0.435 e. The maximum atomic E-state index is 11.7. The predicted octanol–water partition coefficient (Wildman–Crippen LogP) is 2.72. The Hall–Kier alpha value is -1.28. The van der Waals surface area contributed by atoms with Gasteiger partial charge in [-0.2, -0.15) is 13.2 Å². The quantitative estimate of drug-likeness (QED) is 0.400. The van der Waals surface area contributed by atoms with Gasteiger partial charge >= 0.3 is 12.1 Å². The van der Waals surface area contributed by atoms with Gasteiger partial charge in [0.25, 0.3) is 0 Å². The fourth-order valence-corrected chi connectivity index (χ4v) is 1.46. The Balaban J connectivity index is 2.49. The van der Waals surface area contributed by atoms with E-state index in [2.05, 4.69) is 25.4 Å². The third-order valence-electron chi connectivity index (χ3n) is 1.79. The molecule has 0 aliphatic carbocycles. The molecule has 0 unspecified atom stereocenters. The van der Waals surface area contributed by atoms with Crippen LogP contribution in [0.3, 0.4) is 0 Å². The molecule has 0 amide bonds. The van der Waals surface area contributed by atoms with Gasteiger partial charge < -0.3 is 15.2 Å². The first-order chi connectivity index (χ1) is 8.31. The minimum absolute atomic E-state index is 0.116. The van der Waals surface area contributed by atoms with Gasteiger partial charge in [0, 0.05) is 5.69 Å². The first-order valence-corrected chi connectivity index (χ1v) is 5.46. The van der Waals surface area contributed by atoms with E-state index in [1.165, 1.54) is 12.1 Å².